The lowest BCUT2D eigenvalue weighted by Gasteiger charge is -2.19. The lowest BCUT2D eigenvalue weighted by Crippen LogP contribution is -2.25. The highest BCUT2D eigenvalue weighted by molar-refractivity contribution is 5.34. The topological polar surface area (TPSA) is 85.9 Å². The number of benzene rings is 2. The van der Waals surface area contributed by atoms with Crippen LogP contribution >= 0.6 is 0 Å². The van der Waals surface area contributed by atoms with Crippen molar-refractivity contribution in [1.29, 1.82) is 0 Å². The Morgan fingerprint density at radius 1 is 1.17 bits per heavy atom. The first-order valence-corrected chi connectivity index (χ1v) is 7.56. The third-order valence-corrected chi connectivity index (χ3v) is 3.71. The third kappa shape index (κ3) is 4.02. The van der Waals surface area contributed by atoms with Crippen molar-refractivity contribution in [3.8, 4) is 0 Å². The Labute approximate surface area is 139 Å². The fourth-order valence-corrected chi connectivity index (χ4v) is 2.51. The van der Waals surface area contributed by atoms with Crippen LogP contribution in [0, 0.1) is 10.1 Å². The molecule has 3 aromatic rings. The number of nitro groups is 1. The zero-order chi connectivity index (χ0) is 16.8. The molecule has 0 aliphatic carbocycles. The molecule has 0 aliphatic heterocycles. The van der Waals surface area contributed by atoms with Gasteiger partial charge in [-0.1, -0.05) is 42.5 Å². The molecule has 0 aliphatic rings. The maximum absolute atomic E-state index is 10.9. The van der Waals surface area contributed by atoms with Crippen molar-refractivity contribution in [2.24, 2.45) is 0 Å². The van der Waals surface area contributed by atoms with E-state index in [1.807, 2.05) is 36.4 Å². The first-order chi connectivity index (χ1) is 11.7. The summed E-state index contributed by atoms with van der Waals surface area (Å²) in [5, 5.41) is 18.5. The summed E-state index contributed by atoms with van der Waals surface area (Å²) in [6.45, 7) is 1.15. The number of nitro benzene ring substituents is 1. The molecule has 0 amide bonds. The van der Waals surface area contributed by atoms with Gasteiger partial charge in [0.25, 0.3) is 5.69 Å². The van der Waals surface area contributed by atoms with E-state index in [0.29, 0.717) is 13.1 Å². The van der Waals surface area contributed by atoms with E-state index in [-0.39, 0.29) is 16.7 Å². The normalized spacial score (nSPS) is 12.0. The van der Waals surface area contributed by atoms with E-state index in [1.54, 1.807) is 23.1 Å². The van der Waals surface area contributed by atoms with Crippen molar-refractivity contribution in [3.05, 3.63) is 88.5 Å². The van der Waals surface area contributed by atoms with Crippen LogP contribution in [-0.4, -0.2) is 19.7 Å². The van der Waals surface area contributed by atoms with Crippen molar-refractivity contribution < 1.29 is 4.92 Å². The monoisotopic (exact) mass is 323 g/mol. The molecule has 1 aromatic heterocycles. The Morgan fingerprint density at radius 3 is 2.71 bits per heavy atom. The average Bonchev–Trinajstić information content (AvgIpc) is 3.12. The number of rotatable bonds is 7. The fraction of sp³-hybridized carbons (Fsp3) is 0.176. The molecule has 0 fully saturated rings. The maximum Gasteiger partial charge on any atom is 0.269 e. The number of hydrogen-bond donors (Lipinski definition) is 1. The highest BCUT2D eigenvalue weighted by atomic mass is 16.6. The lowest BCUT2D eigenvalue weighted by molar-refractivity contribution is -0.384. The van der Waals surface area contributed by atoms with Crippen molar-refractivity contribution in [2.45, 2.75) is 19.1 Å². The molecule has 24 heavy (non-hydrogen) atoms. The lowest BCUT2D eigenvalue weighted by atomic mass is 10.1. The molecular weight excluding hydrogens is 306 g/mol. The molecular formula is C17H17N5O2. The largest absolute Gasteiger partial charge is 0.304 e. The molecule has 0 saturated heterocycles. The van der Waals surface area contributed by atoms with Gasteiger partial charge >= 0.3 is 0 Å². The Kier molecular flexibility index (Phi) is 4.93. The van der Waals surface area contributed by atoms with E-state index >= 15 is 0 Å². The van der Waals surface area contributed by atoms with Crippen LogP contribution in [0.3, 0.4) is 0 Å². The van der Waals surface area contributed by atoms with E-state index in [4.69, 9.17) is 0 Å². The van der Waals surface area contributed by atoms with Crippen molar-refractivity contribution >= 4 is 5.69 Å². The van der Waals surface area contributed by atoms with Crippen molar-refractivity contribution in [3.63, 3.8) is 0 Å². The Morgan fingerprint density at radius 2 is 2.00 bits per heavy atom. The van der Waals surface area contributed by atoms with Crippen molar-refractivity contribution in [1.82, 2.24) is 20.1 Å². The molecule has 2 aromatic carbocycles. The van der Waals surface area contributed by atoms with E-state index in [9.17, 15) is 10.1 Å². The van der Waals surface area contributed by atoms with Gasteiger partial charge < -0.3 is 5.32 Å². The predicted octanol–water partition coefficient (Wildman–Crippen LogP) is 2.72. The summed E-state index contributed by atoms with van der Waals surface area (Å²) < 4.78 is 1.76. The third-order valence-electron chi connectivity index (χ3n) is 3.71. The fourth-order valence-electron chi connectivity index (χ4n) is 2.51. The van der Waals surface area contributed by atoms with Crippen molar-refractivity contribution in [2.75, 3.05) is 0 Å². The van der Waals surface area contributed by atoms with Crippen LogP contribution in [0.15, 0.2) is 67.3 Å². The highest BCUT2D eigenvalue weighted by Crippen LogP contribution is 2.17. The standard InChI is InChI=1S/C17H17N5O2/c23-22(24)16-8-4-5-14(9-16)10-19-17(11-21-13-18-12-20-21)15-6-2-1-3-7-15/h1-9,12-13,17,19H,10-11H2/t17-/m0/s1. The average molecular weight is 323 g/mol. The number of hydrogen-bond acceptors (Lipinski definition) is 5. The van der Waals surface area contributed by atoms with Gasteiger partial charge in [-0.3, -0.25) is 14.8 Å². The quantitative estimate of drug-likeness (QED) is 0.534. The minimum Gasteiger partial charge on any atom is -0.304 e. The van der Waals surface area contributed by atoms with Gasteiger partial charge in [0.15, 0.2) is 0 Å². The number of aromatic nitrogens is 3. The first-order valence-electron chi connectivity index (χ1n) is 7.56. The zero-order valence-corrected chi connectivity index (χ0v) is 12.9. The summed E-state index contributed by atoms with van der Waals surface area (Å²) in [7, 11) is 0. The summed E-state index contributed by atoms with van der Waals surface area (Å²) in [5.74, 6) is 0. The number of non-ortho nitro benzene ring substituents is 1. The van der Waals surface area contributed by atoms with Crippen LogP contribution in [-0.2, 0) is 13.1 Å². The Hall–Kier alpha value is -3.06. The van der Waals surface area contributed by atoms with Crippen LogP contribution in [0.5, 0.6) is 0 Å². The molecule has 0 radical (unpaired) electrons. The molecule has 122 valence electrons. The summed E-state index contributed by atoms with van der Waals surface area (Å²) in [6.07, 6.45) is 3.17. The number of nitrogens with one attached hydrogen (secondary N) is 1. The SMILES string of the molecule is O=[N+]([O-])c1cccc(CN[C@@H](Cn2cncn2)c2ccccc2)c1. The van der Waals surface area contributed by atoms with Gasteiger partial charge in [0.1, 0.15) is 12.7 Å². The molecule has 0 saturated carbocycles. The van der Waals surface area contributed by atoms with E-state index in [1.165, 1.54) is 12.4 Å². The molecule has 3 rings (SSSR count). The molecule has 0 bridgehead atoms. The second kappa shape index (κ2) is 7.47. The van der Waals surface area contributed by atoms with E-state index in [0.717, 1.165) is 11.1 Å². The molecule has 0 unspecified atom stereocenters. The van der Waals surface area contributed by atoms with Crippen LogP contribution < -0.4 is 5.32 Å². The van der Waals surface area contributed by atoms with Gasteiger partial charge in [0.05, 0.1) is 17.5 Å². The molecule has 7 nitrogen and oxygen atoms in total. The minimum absolute atomic E-state index is 0.0205. The highest BCUT2D eigenvalue weighted by Gasteiger charge is 2.13. The predicted molar refractivity (Wildman–Crippen MR) is 89.1 cm³/mol. The minimum atomic E-state index is -0.381. The van der Waals surface area contributed by atoms with E-state index in [2.05, 4.69) is 15.4 Å². The van der Waals surface area contributed by atoms with Crippen LogP contribution in [0.2, 0.25) is 0 Å². The summed E-state index contributed by atoms with van der Waals surface area (Å²) in [6, 6.07) is 16.7. The Bertz CT molecular complexity index is 790. The van der Waals surface area contributed by atoms with Crippen LogP contribution in [0.4, 0.5) is 5.69 Å². The van der Waals surface area contributed by atoms with Gasteiger partial charge in [-0.25, -0.2) is 4.98 Å². The molecule has 0 spiro atoms. The summed E-state index contributed by atoms with van der Waals surface area (Å²) in [5.41, 5.74) is 2.09. The van der Waals surface area contributed by atoms with Gasteiger partial charge in [-0.2, -0.15) is 5.10 Å². The van der Waals surface area contributed by atoms with Gasteiger partial charge in [-0.05, 0) is 11.1 Å². The second-order valence-corrected chi connectivity index (χ2v) is 5.39. The van der Waals surface area contributed by atoms with Gasteiger partial charge in [-0.15, -0.1) is 0 Å². The van der Waals surface area contributed by atoms with Crippen LogP contribution in [0.25, 0.3) is 0 Å². The molecule has 1 heterocycles. The zero-order valence-electron chi connectivity index (χ0n) is 12.9. The smallest absolute Gasteiger partial charge is 0.269 e. The molecule has 1 N–H and O–H groups in total. The maximum atomic E-state index is 10.9. The molecule has 7 heteroatoms. The number of nitrogens with zero attached hydrogens (tertiary/aromatic N) is 4. The second-order valence-electron chi connectivity index (χ2n) is 5.39. The van der Waals surface area contributed by atoms with Gasteiger partial charge in [0, 0.05) is 18.7 Å². The summed E-state index contributed by atoms with van der Waals surface area (Å²) in [4.78, 5) is 14.5. The van der Waals surface area contributed by atoms with Crippen LogP contribution in [0.1, 0.15) is 17.2 Å². The molecule has 1 atom stereocenters. The van der Waals surface area contributed by atoms with E-state index < -0.39 is 0 Å². The van der Waals surface area contributed by atoms with Gasteiger partial charge in [0.2, 0.25) is 0 Å². The Balaban J connectivity index is 1.74. The first kappa shape index (κ1) is 15.8. The summed E-state index contributed by atoms with van der Waals surface area (Å²) >= 11 is 0.